The van der Waals surface area contributed by atoms with E-state index in [1.807, 2.05) is 6.92 Å². The predicted octanol–water partition coefficient (Wildman–Crippen LogP) is 0.668. The van der Waals surface area contributed by atoms with Crippen molar-refractivity contribution in [3.63, 3.8) is 0 Å². The van der Waals surface area contributed by atoms with Crippen LogP contribution in [0.3, 0.4) is 0 Å². The van der Waals surface area contributed by atoms with Gasteiger partial charge in [-0.25, -0.2) is 0 Å². The van der Waals surface area contributed by atoms with E-state index in [9.17, 15) is 4.79 Å². The van der Waals surface area contributed by atoms with E-state index in [1.165, 1.54) is 0 Å². The largest absolute Gasteiger partial charge is 0.376 e. The number of ether oxygens (including phenoxy) is 1. The molecule has 2 fully saturated rings. The minimum atomic E-state index is -0.181. The smallest absolute Gasteiger partial charge is 0.225 e. The van der Waals surface area contributed by atoms with Crippen LogP contribution in [0.1, 0.15) is 33.6 Å². The van der Waals surface area contributed by atoms with Gasteiger partial charge in [-0.2, -0.15) is 0 Å². The molecule has 2 N–H and O–H groups in total. The quantitative estimate of drug-likeness (QED) is 0.727. The predicted molar refractivity (Wildman–Crippen MR) is 62.2 cm³/mol. The summed E-state index contributed by atoms with van der Waals surface area (Å²) in [5.41, 5.74) is -0.181. The maximum atomic E-state index is 12.2. The number of hydrogen-bond acceptors (Lipinski definition) is 3. The van der Waals surface area contributed by atoms with Gasteiger partial charge >= 0.3 is 0 Å². The van der Waals surface area contributed by atoms with Crippen molar-refractivity contribution in [3.8, 4) is 0 Å². The van der Waals surface area contributed by atoms with E-state index in [2.05, 4.69) is 24.5 Å². The Morgan fingerprint density at radius 3 is 2.75 bits per heavy atom. The van der Waals surface area contributed by atoms with Crippen LogP contribution in [0.25, 0.3) is 0 Å². The molecule has 0 aromatic rings. The van der Waals surface area contributed by atoms with Crippen LogP contribution in [0, 0.1) is 5.92 Å². The van der Waals surface area contributed by atoms with Gasteiger partial charge in [-0.15, -0.1) is 0 Å². The Balaban J connectivity index is 1.96. The summed E-state index contributed by atoms with van der Waals surface area (Å²) in [6.07, 6.45) is 1.97. The second kappa shape index (κ2) is 4.34. The van der Waals surface area contributed by atoms with Crippen molar-refractivity contribution < 1.29 is 9.53 Å². The Hall–Kier alpha value is -0.610. The van der Waals surface area contributed by atoms with E-state index in [4.69, 9.17) is 4.74 Å². The second-order valence-corrected chi connectivity index (χ2v) is 5.31. The standard InChI is InChI=1S/C12H22N2O2/c1-8-10(4-6-13-8)11(15)14-12(3)5-7-16-9(12)2/h8-10,13H,4-7H2,1-3H3,(H,14,15). The summed E-state index contributed by atoms with van der Waals surface area (Å²) in [4.78, 5) is 12.2. The number of carbonyl (C=O) groups is 1. The summed E-state index contributed by atoms with van der Waals surface area (Å²) in [5, 5.41) is 6.48. The lowest BCUT2D eigenvalue weighted by Gasteiger charge is -2.30. The molecule has 4 unspecified atom stereocenters. The molecule has 0 bridgehead atoms. The third-order valence-electron chi connectivity index (χ3n) is 4.16. The Morgan fingerprint density at radius 2 is 2.25 bits per heavy atom. The van der Waals surface area contributed by atoms with Crippen LogP contribution in [0.5, 0.6) is 0 Å². The third kappa shape index (κ3) is 2.09. The molecule has 4 atom stereocenters. The molecule has 0 radical (unpaired) electrons. The Bertz CT molecular complexity index is 282. The molecule has 0 aromatic carbocycles. The number of nitrogens with one attached hydrogen (secondary N) is 2. The van der Waals surface area contributed by atoms with Gasteiger partial charge in [-0.3, -0.25) is 4.79 Å². The van der Waals surface area contributed by atoms with Gasteiger partial charge in [-0.1, -0.05) is 0 Å². The minimum Gasteiger partial charge on any atom is -0.376 e. The van der Waals surface area contributed by atoms with Gasteiger partial charge < -0.3 is 15.4 Å². The molecule has 4 heteroatoms. The SMILES string of the molecule is CC1NCCC1C(=O)NC1(C)CCOC1C. The van der Waals surface area contributed by atoms with Crippen LogP contribution in [0.4, 0.5) is 0 Å². The van der Waals surface area contributed by atoms with Crippen molar-refractivity contribution in [1.29, 1.82) is 0 Å². The maximum absolute atomic E-state index is 12.2. The summed E-state index contributed by atoms with van der Waals surface area (Å²) in [5.74, 6) is 0.293. The Morgan fingerprint density at radius 1 is 1.50 bits per heavy atom. The monoisotopic (exact) mass is 226 g/mol. The fourth-order valence-corrected chi connectivity index (χ4v) is 2.59. The van der Waals surface area contributed by atoms with Gasteiger partial charge in [0, 0.05) is 12.6 Å². The summed E-state index contributed by atoms with van der Waals surface area (Å²) in [6, 6.07) is 0.293. The molecule has 2 rings (SSSR count). The molecule has 2 saturated heterocycles. The second-order valence-electron chi connectivity index (χ2n) is 5.31. The van der Waals surface area contributed by atoms with Crippen molar-refractivity contribution in [2.24, 2.45) is 5.92 Å². The summed E-state index contributed by atoms with van der Waals surface area (Å²) >= 11 is 0. The first kappa shape index (κ1) is 11.9. The number of carbonyl (C=O) groups excluding carboxylic acids is 1. The fourth-order valence-electron chi connectivity index (χ4n) is 2.59. The molecule has 0 aromatic heterocycles. The molecule has 0 aliphatic carbocycles. The van der Waals surface area contributed by atoms with Crippen LogP contribution in [0.15, 0.2) is 0 Å². The van der Waals surface area contributed by atoms with E-state index in [1.54, 1.807) is 0 Å². The van der Waals surface area contributed by atoms with Crippen LogP contribution >= 0.6 is 0 Å². The Kier molecular flexibility index (Phi) is 3.22. The highest BCUT2D eigenvalue weighted by Crippen LogP contribution is 2.26. The van der Waals surface area contributed by atoms with Crippen LogP contribution < -0.4 is 10.6 Å². The first-order valence-corrected chi connectivity index (χ1v) is 6.20. The first-order chi connectivity index (χ1) is 7.53. The zero-order valence-corrected chi connectivity index (χ0v) is 10.4. The van der Waals surface area contributed by atoms with Crippen molar-refractivity contribution in [3.05, 3.63) is 0 Å². The highest BCUT2D eigenvalue weighted by molar-refractivity contribution is 5.80. The van der Waals surface area contributed by atoms with Gasteiger partial charge in [0.2, 0.25) is 5.91 Å². The lowest BCUT2D eigenvalue weighted by Crippen LogP contribution is -2.53. The van der Waals surface area contributed by atoms with Crippen LogP contribution in [-0.2, 0) is 9.53 Å². The van der Waals surface area contributed by atoms with E-state index in [0.29, 0.717) is 6.04 Å². The van der Waals surface area contributed by atoms with Crippen molar-refractivity contribution in [1.82, 2.24) is 10.6 Å². The third-order valence-corrected chi connectivity index (χ3v) is 4.16. The summed E-state index contributed by atoms with van der Waals surface area (Å²) < 4.78 is 5.53. The number of hydrogen-bond donors (Lipinski definition) is 2. The van der Waals surface area contributed by atoms with Gasteiger partial charge in [0.15, 0.2) is 0 Å². The number of rotatable bonds is 2. The molecule has 1 amide bonds. The van der Waals surface area contributed by atoms with Gasteiger partial charge in [0.1, 0.15) is 0 Å². The lowest BCUT2D eigenvalue weighted by atomic mass is 9.92. The fraction of sp³-hybridized carbons (Fsp3) is 0.917. The normalized spacial score (nSPS) is 43.6. The average molecular weight is 226 g/mol. The lowest BCUT2D eigenvalue weighted by molar-refractivity contribution is -0.127. The molecular formula is C12H22N2O2. The van der Waals surface area contributed by atoms with Crippen molar-refractivity contribution in [2.45, 2.75) is 51.3 Å². The summed E-state index contributed by atoms with van der Waals surface area (Å²) in [7, 11) is 0. The van der Waals surface area contributed by atoms with E-state index >= 15 is 0 Å². The van der Waals surface area contributed by atoms with E-state index < -0.39 is 0 Å². The highest BCUT2D eigenvalue weighted by atomic mass is 16.5. The number of amides is 1. The minimum absolute atomic E-state index is 0.112. The zero-order chi connectivity index (χ0) is 11.8. The molecule has 16 heavy (non-hydrogen) atoms. The molecule has 0 saturated carbocycles. The zero-order valence-electron chi connectivity index (χ0n) is 10.4. The summed E-state index contributed by atoms with van der Waals surface area (Å²) in [6.45, 7) is 7.88. The molecule has 0 spiro atoms. The molecule has 4 nitrogen and oxygen atoms in total. The molecule has 2 aliphatic rings. The van der Waals surface area contributed by atoms with Crippen LogP contribution in [-0.4, -0.2) is 36.7 Å². The first-order valence-electron chi connectivity index (χ1n) is 6.20. The van der Waals surface area contributed by atoms with Gasteiger partial charge in [0.25, 0.3) is 0 Å². The molecule has 2 heterocycles. The van der Waals surface area contributed by atoms with E-state index in [-0.39, 0.29) is 23.5 Å². The topological polar surface area (TPSA) is 50.4 Å². The average Bonchev–Trinajstić information content (AvgIpc) is 2.75. The van der Waals surface area contributed by atoms with E-state index in [0.717, 1.165) is 26.0 Å². The van der Waals surface area contributed by atoms with Gasteiger partial charge in [-0.05, 0) is 40.2 Å². The van der Waals surface area contributed by atoms with Gasteiger partial charge in [0.05, 0.1) is 17.6 Å². The van der Waals surface area contributed by atoms with Crippen LogP contribution in [0.2, 0.25) is 0 Å². The molecular weight excluding hydrogens is 204 g/mol. The molecule has 92 valence electrons. The highest BCUT2D eigenvalue weighted by Gasteiger charge is 2.40. The van der Waals surface area contributed by atoms with Crippen molar-refractivity contribution in [2.75, 3.05) is 13.2 Å². The van der Waals surface area contributed by atoms with Crippen molar-refractivity contribution >= 4 is 5.91 Å². The maximum Gasteiger partial charge on any atom is 0.225 e. The molecule has 2 aliphatic heterocycles. The Labute approximate surface area is 97.1 Å².